The monoisotopic (exact) mass is 1510 g/mol. The molecule has 16 nitrogen and oxygen atoms in total. The third-order valence-corrected chi connectivity index (χ3v) is 29.2. The summed E-state index contributed by atoms with van der Waals surface area (Å²) in [6.07, 6.45) is 11.4. The van der Waals surface area contributed by atoms with E-state index in [-0.39, 0.29) is 78.4 Å². The van der Waals surface area contributed by atoms with Crippen molar-refractivity contribution < 1.29 is 75.9 Å². The Morgan fingerprint density at radius 1 is 0.598 bits per heavy atom. The lowest BCUT2D eigenvalue weighted by Gasteiger charge is -2.42. The van der Waals surface area contributed by atoms with Gasteiger partial charge in [-0.05, 0) is 231 Å². The number of methoxy groups -OCH3 is 3. The minimum absolute atomic E-state index is 0. The summed E-state index contributed by atoms with van der Waals surface area (Å²) in [6.45, 7) is 66.9. The molecule has 2 unspecified atom stereocenters. The molecular formula is C78H135IO16Si2. The molecule has 0 bridgehead atoms. The minimum Gasteiger partial charge on any atom is -0.547 e. The van der Waals surface area contributed by atoms with Gasteiger partial charge in [-0.3, -0.25) is 14.4 Å². The van der Waals surface area contributed by atoms with Crippen LogP contribution in [-0.2, 0) is 70.8 Å². The van der Waals surface area contributed by atoms with Crippen molar-refractivity contribution in [3.8, 4) is 0 Å². The van der Waals surface area contributed by atoms with E-state index < -0.39 is 34.5 Å². The van der Waals surface area contributed by atoms with E-state index in [4.69, 9.17) is 37.3 Å². The molecule has 1 N–H and O–H groups in total. The average molecular weight is 1510 g/mol. The molecule has 97 heavy (non-hydrogen) atoms. The number of aliphatic hydroxyl groups excluding tert-OH is 1. The second kappa shape index (κ2) is 44.7. The van der Waals surface area contributed by atoms with Gasteiger partial charge in [0.1, 0.15) is 15.6 Å². The van der Waals surface area contributed by atoms with Crippen LogP contribution in [0.1, 0.15) is 223 Å². The zero-order valence-electron chi connectivity index (χ0n) is 63.7. The van der Waals surface area contributed by atoms with Gasteiger partial charge in [-0.15, -0.1) is 0 Å². The highest BCUT2D eigenvalue weighted by atomic mass is 127. The van der Waals surface area contributed by atoms with E-state index in [2.05, 4.69) is 113 Å². The molecule has 0 aromatic heterocycles. The van der Waals surface area contributed by atoms with Crippen molar-refractivity contribution in [3.63, 3.8) is 0 Å². The number of carbonyl (C=O) groups excluding carboxylic acids is 6. The van der Waals surface area contributed by atoms with E-state index in [9.17, 15) is 33.9 Å². The fourth-order valence-corrected chi connectivity index (χ4v) is 13.0. The number of rotatable bonds is 12. The largest absolute Gasteiger partial charge is 0.547 e. The fourth-order valence-electron chi connectivity index (χ4n) is 10.3. The van der Waals surface area contributed by atoms with Crippen LogP contribution in [0.2, 0.25) is 36.3 Å². The first-order valence-corrected chi connectivity index (χ1v) is 40.8. The lowest BCUT2D eigenvalue weighted by molar-refractivity contribution is -0.205. The van der Waals surface area contributed by atoms with Crippen LogP contribution >= 0.6 is 22.6 Å². The number of carbonyl (C=O) groups is 6. The highest BCUT2D eigenvalue weighted by molar-refractivity contribution is 14.1. The predicted molar refractivity (Wildman–Crippen MR) is 411 cm³/mol. The fraction of sp³-hybridized carbons (Fsp3) is 0.692. The molecule has 0 saturated carbocycles. The zero-order chi connectivity index (χ0) is 73.9. The summed E-state index contributed by atoms with van der Waals surface area (Å²) in [6, 6.07) is 0. The highest BCUT2D eigenvalue weighted by Crippen LogP contribution is 2.45. The number of halogens is 1. The standard InChI is InChI=1S/C18H32O3Si.C17H30O2Si.C12H18O3.C12H16O3.C7H9IO3.2C4H8O.C2H6.2CH4/c1-12(2)14-10-15(17(19)20-7)13(3)16(11-14)21-22(8,9)18(4,5)6;1-12(2)14-9-15(11-18)13(3)16(10-14)19-20(7,8)17(4,5)6;2*1-7(2)9-5-10(12(14)15-4)8(3)11(13)6-9;1-4-5(8)6(9)11-7(2,3)10-4;2*1-2-4-5-3-1;1-2;;/h14-15H,1,10-11H2,2-9H3;11,14,16H,1,9-10H2,2-8H3;9,11,13H,1,5-6H2,2-4H3;9H,1,5-6H2,2-4H3;1-3H3;2*1-4H2;1-2H3;2*1H4/t14-,15?;14-,16-;9-,11-;;;;;;;/m001......./s1. The second-order valence-corrected chi connectivity index (χ2v) is 39.8. The molecule has 7 atom stereocenters. The number of esters is 4. The van der Waals surface area contributed by atoms with Crippen LogP contribution < -0.4 is 0 Å². The first kappa shape index (κ1) is 96.7. The van der Waals surface area contributed by atoms with Crippen molar-refractivity contribution in [2.75, 3.05) is 47.8 Å². The molecule has 558 valence electrons. The van der Waals surface area contributed by atoms with Gasteiger partial charge in [0.2, 0.25) is 14.1 Å². The molecule has 3 heterocycles. The van der Waals surface area contributed by atoms with Crippen molar-refractivity contribution in [3.05, 3.63) is 103 Å². The van der Waals surface area contributed by atoms with Crippen LogP contribution in [0.3, 0.4) is 0 Å². The number of allylic oxidation sites excluding steroid dienone is 8. The Balaban J connectivity index is -0.00000110. The maximum atomic E-state index is 12.1. The van der Waals surface area contributed by atoms with Crippen molar-refractivity contribution in [2.24, 2.45) is 29.6 Å². The number of cyclic esters (lactones) is 1. The quantitative estimate of drug-likeness (QED) is 0.0482. The van der Waals surface area contributed by atoms with Gasteiger partial charge >= 0.3 is 23.9 Å². The Kier molecular flexibility index (Phi) is 44.5. The van der Waals surface area contributed by atoms with E-state index in [0.717, 1.165) is 109 Å². The van der Waals surface area contributed by atoms with Crippen molar-refractivity contribution in [1.82, 2.24) is 0 Å². The van der Waals surface area contributed by atoms with Crippen LogP contribution in [-0.4, -0.2) is 123 Å². The van der Waals surface area contributed by atoms with E-state index in [1.807, 2.05) is 64.1 Å². The summed E-state index contributed by atoms with van der Waals surface area (Å²) in [5.74, 6) is 0.330. The molecule has 7 rings (SSSR count). The molecule has 2 saturated heterocycles. The number of Topliss-reactive ketones (excluding diaryl/α,β-unsaturated/α-hetero) is 1. The van der Waals surface area contributed by atoms with E-state index in [0.29, 0.717) is 57.7 Å². The van der Waals surface area contributed by atoms with Gasteiger partial charge in [-0.2, -0.15) is 0 Å². The summed E-state index contributed by atoms with van der Waals surface area (Å²) in [7, 11) is 0.411. The number of aliphatic hydroxyl groups is 1. The van der Waals surface area contributed by atoms with Crippen LogP contribution in [0.5, 0.6) is 0 Å². The maximum Gasteiger partial charge on any atom is 0.351 e. The van der Waals surface area contributed by atoms with E-state index in [1.165, 1.54) is 47.0 Å². The molecule has 2 fully saturated rings. The smallest absolute Gasteiger partial charge is 0.351 e. The van der Waals surface area contributed by atoms with E-state index >= 15 is 0 Å². The summed E-state index contributed by atoms with van der Waals surface area (Å²) < 4.78 is 48.0. The molecule has 4 aliphatic carbocycles. The number of aldehydes is 1. The lowest BCUT2D eigenvalue weighted by Crippen LogP contribution is -2.45. The van der Waals surface area contributed by atoms with Crippen molar-refractivity contribution in [1.29, 1.82) is 0 Å². The molecule has 0 spiro atoms. The summed E-state index contributed by atoms with van der Waals surface area (Å²) >= 11 is 1.91. The Hall–Kier alpha value is -4.52. The summed E-state index contributed by atoms with van der Waals surface area (Å²) in [5, 5.41) is 10.1. The third-order valence-electron chi connectivity index (χ3n) is 19.1. The van der Waals surface area contributed by atoms with Crippen LogP contribution in [0.4, 0.5) is 0 Å². The predicted octanol–water partition coefficient (Wildman–Crippen LogP) is 19.6. The van der Waals surface area contributed by atoms with Crippen molar-refractivity contribution in [2.45, 2.75) is 278 Å². The second-order valence-electron chi connectivity index (χ2n) is 29.2. The van der Waals surface area contributed by atoms with Gasteiger partial charge in [0.25, 0.3) is 0 Å². The summed E-state index contributed by atoms with van der Waals surface area (Å²) in [4.78, 5) is 69.0. The molecule has 0 radical (unpaired) electrons. The van der Waals surface area contributed by atoms with Gasteiger partial charge in [0.05, 0.1) is 45.2 Å². The first-order chi connectivity index (χ1) is 43.8. The molecule has 0 aromatic carbocycles. The van der Waals surface area contributed by atoms with Crippen LogP contribution in [0.25, 0.3) is 0 Å². The molecular weight excluding hydrogens is 1380 g/mol. The SMILES string of the molecule is C.C.C1CCOC1.C1CCOC1.C=C(C)C1CC(=O)C(C)=C(C(=O)OC)C1.C=C(C)[C@@H]1CC(C(=O)OC)=C(C)[C@H](O)C1.C=C(C)[C@@H]1CC(O[Si](C)(C)C(C)(C)C)=C(C)C(C(=O)OC)C1.C=C(C)[C@H]1CC(C=O)=C(C)[C@@H](O[Si](C)(C)C(C)(C)C)C1.CC.CC1=C(I)C(=O)OC(C)(C)O1. The van der Waals surface area contributed by atoms with Gasteiger partial charge in [0.15, 0.2) is 14.1 Å². The number of ketones is 1. The third kappa shape index (κ3) is 31.9. The normalized spacial score (nSPS) is 22.9. The molecule has 0 aromatic rings. The Morgan fingerprint density at radius 3 is 1.40 bits per heavy atom. The number of hydrogen-bond donors (Lipinski definition) is 1. The van der Waals surface area contributed by atoms with Gasteiger partial charge in [-0.25, -0.2) is 14.4 Å². The van der Waals surface area contributed by atoms with Crippen LogP contribution in [0, 0.1) is 29.6 Å². The minimum atomic E-state index is -1.91. The molecule has 19 heteroatoms. The first-order valence-electron chi connectivity index (χ1n) is 33.9. The highest BCUT2D eigenvalue weighted by Gasteiger charge is 2.44. The Morgan fingerprint density at radius 2 is 1.02 bits per heavy atom. The average Bonchev–Trinajstić information content (AvgIpc) is 1.21. The number of hydrogen-bond acceptors (Lipinski definition) is 16. The van der Waals surface area contributed by atoms with Gasteiger partial charge < -0.3 is 47.1 Å². The molecule has 7 aliphatic rings. The van der Waals surface area contributed by atoms with Gasteiger partial charge in [0, 0.05) is 69.8 Å². The Bertz CT molecular complexity index is 2780. The zero-order valence-corrected chi connectivity index (χ0v) is 67.9. The Labute approximate surface area is 605 Å². The van der Waals surface area contributed by atoms with Gasteiger partial charge in [-0.1, -0.05) is 119 Å². The number of ether oxygens (including phenoxy) is 7. The topological polar surface area (TPSA) is 206 Å². The van der Waals surface area contributed by atoms with E-state index in [1.54, 1.807) is 34.6 Å². The lowest BCUT2D eigenvalue weighted by atomic mass is 9.78. The molecule has 3 aliphatic heterocycles. The maximum absolute atomic E-state index is 12.1. The molecule has 0 amide bonds. The van der Waals surface area contributed by atoms with Crippen molar-refractivity contribution >= 4 is 75.2 Å². The summed E-state index contributed by atoms with van der Waals surface area (Å²) in [5.41, 5.74) is 9.66. The van der Waals surface area contributed by atoms with Crippen LogP contribution in [0.15, 0.2) is 103 Å².